The van der Waals surface area contributed by atoms with Gasteiger partial charge in [-0.25, -0.2) is 4.98 Å². The van der Waals surface area contributed by atoms with Crippen LogP contribution in [0.25, 0.3) is 22.4 Å². The molecule has 4 heterocycles. The molecule has 0 aliphatic carbocycles. The summed E-state index contributed by atoms with van der Waals surface area (Å²) in [5, 5.41) is 19.0. The first kappa shape index (κ1) is 34.4. The summed E-state index contributed by atoms with van der Waals surface area (Å²) < 4.78 is 7.48. The molecular formula is C35H37Cl2N7O5. The molecule has 1 fully saturated rings. The molecule has 0 bridgehead atoms. The van der Waals surface area contributed by atoms with Gasteiger partial charge in [0.1, 0.15) is 5.75 Å². The van der Waals surface area contributed by atoms with Crippen molar-refractivity contribution in [1.29, 1.82) is 0 Å². The van der Waals surface area contributed by atoms with Gasteiger partial charge in [-0.2, -0.15) is 0 Å². The minimum atomic E-state index is -0.845. The fourth-order valence-electron chi connectivity index (χ4n) is 6.35. The second-order valence-corrected chi connectivity index (χ2v) is 12.9. The third kappa shape index (κ3) is 7.57. The molecule has 2 amide bonds. The fraction of sp³-hybridized carbons (Fsp3) is 0.343. The van der Waals surface area contributed by atoms with Crippen molar-refractivity contribution in [3.05, 3.63) is 81.5 Å². The van der Waals surface area contributed by atoms with Crippen molar-refractivity contribution in [3.8, 4) is 28.1 Å². The van der Waals surface area contributed by atoms with Crippen molar-refractivity contribution in [3.63, 3.8) is 0 Å². The summed E-state index contributed by atoms with van der Waals surface area (Å²) in [6, 6.07) is 13.0. The molecule has 6 rings (SSSR count). The maximum absolute atomic E-state index is 13.5. The van der Waals surface area contributed by atoms with Gasteiger partial charge in [0.05, 0.1) is 40.7 Å². The molecule has 14 heteroatoms. The fourth-order valence-corrected chi connectivity index (χ4v) is 6.94. The number of ether oxygens (including phenoxy) is 1. The van der Waals surface area contributed by atoms with E-state index in [0.717, 1.165) is 28.9 Å². The van der Waals surface area contributed by atoms with E-state index in [0.29, 0.717) is 83.9 Å². The zero-order valence-electron chi connectivity index (χ0n) is 27.2. The van der Waals surface area contributed by atoms with Gasteiger partial charge in [-0.1, -0.05) is 47.5 Å². The Balaban J connectivity index is 1.19. The topological polar surface area (TPSA) is 151 Å². The number of fused-ring (bicyclic) bond motifs is 1. The molecule has 0 radical (unpaired) electrons. The second-order valence-electron chi connectivity index (χ2n) is 12.2. The van der Waals surface area contributed by atoms with Crippen LogP contribution < -0.4 is 20.7 Å². The SMILES string of the molecule is COc1cc(-c2nccc(-c3cccc(NC(=O)c4nc5c(n4C)CCN(CCC(=O)O)C5)c3Cl)c2Cl)ccc1CNC[C@H]1CCC(=O)N1. The normalized spacial score (nSPS) is 15.9. The molecule has 49 heavy (non-hydrogen) atoms. The molecule has 0 unspecified atom stereocenters. The van der Waals surface area contributed by atoms with E-state index in [1.165, 1.54) is 0 Å². The number of halogens is 2. The zero-order chi connectivity index (χ0) is 34.7. The molecule has 256 valence electrons. The Labute approximate surface area is 293 Å². The van der Waals surface area contributed by atoms with Crippen molar-refractivity contribution in [2.45, 2.75) is 44.8 Å². The van der Waals surface area contributed by atoms with Gasteiger partial charge in [-0.05, 0) is 24.6 Å². The third-order valence-electron chi connectivity index (χ3n) is 8.96. The third-order valence-corrected chi connectivity index (χ3v) is 9.75. The van der Waals surface area contributed by atoms with Crippen molar-refractivity contribution in [2.24, 2.45) is 7.05 Å². The van der Waals surface area contributed by atoms with E-state index in [-0.39, 0.29) is 24.2 Å². The van der Waals surface area contributed by atoms with Crippen LogP contribution in [0.15, 0.2) is 48.7 Å². The van der Waals surface area contributed by atoms with Crippen LogP contribution in [0.2, 0.25) is 10.0 Å². The first-order chi connectivity index (χ1) is 23.6. The van der Waals surface area contributed by atoms with Crippen molar-refractivity contribution in [1.82, 2.24) is 30.1 Å². The Morgan fingerprint density at radius 3 is 2.69 bits per heavy atom. The minimum Gasteiger partial charge on any atom is -0.496 e. The van der Waals surface area contributed by atoms with Crippen LogP contribution in [-0.4, -0.2) is 75.1 Å². The van der Waals surface area contributed by atoms with Crippen LogP contribution in [0.4, 0.5) is 5.69 Å². The van der Waals surface area contributed by atoms with Crippen molar-refractivity contribution >= 4 is 46.7 Å². The Hall–Kier alpha value is -4.49. The van der Waals surface area contributed by atoms with Crippen LogP contribution in [0.5, 0.6) is 5.75 Å². The van der Waals surface area contributed by atoms with Gasteiger partial charge in [-0.3, -0.25) is 24.3 Å². The van der Waals surface area contributed by atoms with E-state index in [2.05, 4.69) is 25.9 Å². The summed E-state index contributed by atoms with van der Waals surface area (Å²) in [5.74, 6) is -0.249. The van der Waals surface area contributed by atoms with E-state index in [9.17, 15) is 14.4 Å². The highest BCUT2D eigenvalue weighted by Crippen LogP contribution is 2.41. The van der Waals surface area contributed by atoms with Gasteiger partial charge in [0.2, 0.25) is 5.91 Å². The number of methoxy groups -OCH3 is 1. The number of nitrogens with zero attached hydrogens (tertiary/aromatic N) is 4. The lowest BCUT2D eigenvalue weighted by molar-refractivity contribution is -0.137. The first-order valence-corrected chi connectivity index (χ1v) is 16.8. The maximum Gasteiger partial charge on any atom is 0.304 e. The van der Waals surface area contributed by atoms with E-state index < -0.39 is 11.9 Å². The molecule has 2 aromatic carbocycles. The Kier molecular flexibility index (Phi) is 10.5. The number of nitrogens with one attached hydrogen (secondary N) is 3. The number of carbonyl (C=O) groups excluding carboxylic acids is 2. The van der Waals surface area contributed by atoms with Gasteiger partial charge in [0, 0.05) is 92.8 Å². The number of benzene rings is 2. The number of imidazole rings is 1. The number of hydrogen-bond acceptors (Lipinski definition) is 8. The van der Waals surface area contributed by atoms with Crippen LogP contribution >= 0.6 is 23.2 Å². The summed E-state index contributed by atoms with van der Waals surface area (Å²) in [7, 11) is 3.42. The number of rotatable bonds is 12. The molecule has 12 nitrogen and oxygen atoms in total. The lowest BCUT2D eigenvalue weighted by atomic mass is 10.0. The Bertz CT molecular complexity index is 1910. The predicted octanol–water partition coefficient (Wildman–Crippen LogP) is 4.92. The van der Waals surface area contributed by atoms with Gasteiger partial charge >= 0.3 is 5.97 Å². The largest absolute Gasteiger partial charge is 0.496 e. The Morgan fingerprint density at radius 1 is 1.12 bits per heavy atom. The average Bonchev–Trinajstić information content (AvgIpc) is 3.66. The number of pyridine rings is 1. The molecule has 1 saturated heterocycles. The highest BCUT2D eigenvalue weighted by molar-refractivity contribution is 6.39. The Morgan fingerprint density at radius 2 is 1.94 bits per heavy atom. The highest BCUT2D eigenvalue weighted by atomic mass is 35.5. The van der Waals surface area contributed by atoms with Crippen molar-refractivity contribution in [2.75, 3.05) is 32.1 Å². The summed E-state index contributed by atoms with van der Waals surface area (Å²) in [6.45, 7) is 2.84. The molecule has 4 aromatic rings. The molecule has 0 spiro atoms. The summed E-state index contributed by atoms with van der Waals surface area (Å²) in [5.41, 5.74) is 5.64. The lowest BCUT2D eigenvalue weighted by Crippen LogP contribution is -2.35. The summed E-state index contributed by atoms with van der Waals surface area (Å²) >= 11 is 13.9. The van der Waals surface area contributed by atoms with E-state index in [1.807, 2.05) is 29.2 Å². The van der Waals surface area contributed by atoms with Gasteiger partial charge in [0.25, 0.3) is 5.91 Å². The van der Waals surface area contributed by atoms with Gasteiger partial charge < -0.3 is 30.4 Å². The summed E-state index contributed by atoms with van der Waals surface area (Å²) in [4.78, 5) is 47.2. The first-order valence-electron chi connectivity index (χ1n) is 16.0. The van der Waals surface area contributed by atoms with Gasteiger partial charge in [-0.15, -0.1) is 0 Å². The smallest absolute Gasteiger partial charge is 0.304 e. The van der Waals surface area contributed by atoms with E-state index in [4.69, 9.17) is 33.0 Å². The number of carbonyl (C=O) groups is 3. The lowest BCUT2D eigenvalue weighted by Gasteiger charge is -2.25. The minimum absolute atomic E-state index is 0.0512. The zero-order valence-corrected chi connectivity index (χ0v) is 28.7. The number of carboxylic acid groups (broad SMARTS) is 1. The van der Waals surface area contributed by atoms with Gasteiger partial charge in [0.15, 0.2) is 5.82 Å². The maximum atomic E-state index is 13.5. The van der Waals surface area contributed by atoms with Crippen LogP contribution in [0.1, 0.15) is 46.8 Å². The number of anilines is 1. The van der Waals surface area contributed by atoms with Crippen LogP contribution in [-0.2, 0) is 36.1 Å². The number of hydrogen-bond donors (Lipinski definition) is 4. The van der Waals surface area contributed by atoms with E-state index >= 15 is 0 Å². The number of aromatic nitrogens is 3. The summed E-state index contributed by atoms with van der Waals surface area (Å²) in [6.07, 6.45) is 3.76. The van der Waals surface area contributed by atoms with E-state index in [1.54, 1.807) is 43.1 Å². The molecule has 2 aliphatic rings. The van der Waals surface area contributed by atoms with Crippen LogP contribution in [0.3, 0.4) is 0 Å². The highest BCUT2D eigenvalue weighted by Gasteiger charge is 2.26. The predicted molar refractivity (Wildman–Crippen MR) is 187 cm³/mol. The molecule has 0 saturated carbocycles. The standard InChI is InChI=1S/C35H37Cl2N7O5/c1-43-27-11-14-44(15-12-30(46)47)19-26(27)41-34(43)35(48)42-25-5-3-4-23(31(25)36)24-10-13-39-33(32(24)37)20-6-7-21(28(16-20)49-2)17-38-18-22-8-9-29(45)40-22/h3-7,10,13,16,22,38H,8-9,11-12,14-15,17-19H2,1-2H3,(H,40,45)(H,42,48)(H,46,47)/t22-/m1/s1. The monoisotopic (exact) mass is 705 g/mol. The van der Waals surface area contributed by atoms with Crippen LogP contribution in [0, 0.1) is 0 Å². The average molecular weight is 707 g/mol. The molecule has 2 aromatic heterocycles. The molecule has 2 aliphatic heterocycles. The molecule has 1 atom stereocenters. The molecular weight excluding hydrogens is 669 g/mol. The number of amides is 2. The van der Waals surface area contributed by atoms with Crippen molar-refractivity contribution < 1.29 is 24.2 Å². The number of aliphatic carboxylic acids is 1. The molecule has 4 N–H and O–H groups in total. The number of carboxylic acids is 1. The second kappa shape index (κ2) is 15.0. The quantitative estimate of drug-likeness (QED) is 0.161.